The van der Waals surface area contributed by atoms with E-state index in [1.54, 1.807) is 6.33 Å². The highest BCUT2D eigenvalue weighted by Gasteiger charge is 2.31. The zero-order valence-corrected chi connectivity index (χ0v) is 10.9. The molecule has 0 spiro atoms. The Morgan fingerprint density at radius 3 is 2.78 bits per heavy atom. The summed E-state index contributed by atoms with van der Waals surface area (Å²) in [4.78, 5) is 8.91. The molecule has 3 rings (SSSR count). The number of hydrogen-bond acceptors (Lipinski definition) is 3. The summed E-state index contributed by atoms with van der Waals surface area (Å²) in [6, 6.07) is 0. The molecule has 5 heteroatoms. The molecule has 0 saturated heterocycles. The highest BCUT2D eigenvalue weighted by Crippen LogP contribution is 2.42. The maximum Gasteiger partial charge on any atom is 0.133 e. The van der Waals surface area contributed by atoms with Gasteiger partial charge in [0.05, 0.1) is 18.2 Å². The lowest BCUT2D eigenvalue weighted by Gasteiger charge is -2.07. The van der Waals surface area contributed by atoms with Crippen molar-refractivity contribution in [1.29, 1.82) is 0 Å². The van der Waals surface area contributed by atoms with E-state index < -0.39 is 0 Å². The Hall–Kier alpha value is -1.78. The van der Waals surface area contributed by atoms with Crippen LogP contribution in [-0.2, 0) is 13.6 Å². The van der Waals surface area contributed by atoms with Crippen LogP contribution in [0.2, 0.25) is 0 Å². The molecule has 0 radical (unpaired) electrons. The van der Waals surface area contributed by atoms with Crippen LogP contribution in [0.3, 0.4) is 0 Å². The van der Waals surface area contributed by atoms with E-state index in [4.69, 9.17) is 10.7 Å². The minimum Gasteiger partial charge on any atom is -0.383 e. The number of imidazole rings is 2. The number of rotatable bonds is 4. The fraction of sp³-hybridized carbons (Fsp3) is 0.538. The molecule has 18 heavy (non-hydrogen) atoms. The van der Waals surface area contributed by atoms with Crippen molar-refractivity contribution in [3.63, 3.8) is 0 Å². The molecule has 0 bridgehead atoms. The zero-order valence-electron chi connectivity index (χ0n) is 10.9. The number of hydrogen-bond donors (Lipinski definition) is 1. The molecule has 0 unspecified atom stereocenters. The summed E-state index contributed by atoms with van der Waals surface area (Å²) >= 11 is 0. The Morgan fingerprint density at radius 1 is 1.44 bits per heavy atom. The van der Waals surface area contributed by atoms with Crippen LogP contribution in [0.25, 0.3) is 11.4 Å². The van der Waals surface area contributed by atoms with Gasteiger partial charge in [0, 0.05) is 19.5 Å². The van der Waals surface area contributed by atoms with Crippen molar-refractivity contribution in [2.45, 2.75) is 38.6 Å². The normalized spacial score (nSPS) is 15.2. The molecule has 0 atom stereocenters. The van der Waals surface area contributed by atoms with Crippen molar-refractivity contribution in [2.75, 3.05) is 5.73 Å². The smallest absolute Gasteiger partial charge is 0.133 e. The fourth-order valence-electron chi connectivity index (χ4n) is 2.37. The van der Waals surface area contributed by atoms with E-state index in [1.807, 2.05) is 17.8 Å². The van der Waals surface area contributed by atoms with Crippen molar-refractivity contribution in [1.82, 2.24) is 19.1 Å². The summed E-state index contributed by atoms with van der Waals surface area (Å²) in [5, 5.41) is 0. The van der Waals surface area contributed by atoms with Crippen LogP contribution in [-0.4, -0.2) is 19.1 Å². The van der Waals surface area contributed by atoms with E-state index in [2.05, 4.69) is 16.5 Å². The largest absolute Gasteiger partial charge is 0.383 e. The van der Waals surface area contributed by atoms with Crippen LogP contribution in [0.4, 0.5) is 5.82 Å². The SMILES string of the molecule is CCCn1c(C2CC2)nc(-c2cncn2C)c1N. The van der Waals surface area contributed by atoms with Crippen LogP contribution >= 0.6 is 0 Å². The molecule has 2 aromatic rings. The maximum absolute atomic E-state index is 6.28. The van der Waals surface area contributed by atoms with Gasteiger partial charge < -0.3 is 14.9 Å². The van der Waals surface area contributed by atoms with Gasteiger partial charge in [-0.15, -0.1) is 0 Å². The lowest BCUT2D eigenvalue weighted by Crippen LogP contribution is -2.06. The second kappa shape index (κ2) is 4.15. The lowest BCUT2D eigenvalue weighted by molar-refractivity contribution is 0.646. The third-order valence-electron chi connectivity index (χ3n) is 3.49. The van der Waals surface area contributed by atoms with Crippen molar-refractivity contribution in [3.8, 4) is 11.4 Å². The number of nitrogen functional groups attached to an aromatic ring is 1. The minimum atomic E-state index is 0.612. The molecule has 2 N–H and O–H groups in total. The first-order valence-electron chi connectivity index (χ1n) is 6.55. The van der Waals surface area contributed by atoms with E-state index in [0.717, 1.165) is 36.0 Å². The van der Waals surface area contributed by atoms with E-state index in [9.17, 15) is 0 Å². The number of nitrogens with zero attached hydrogens (tertiary/aromatic N) is 4. The Kier molecular flexibility index (Phi) is 2.61. The predicted octanol–water partition coefficient (Wildman–Crippen LogP) is 2.15. The second-order valence-electron chi connectivity index (χ2n) is 5.02. The summed E-state index contributed by atoms with van der Waals surface area (Å²) < 4.78 is 4.14. The number of aromatic nitrogens is 4. The summed E-state index contributed by atoms with van der Waals surface area (Å²) in [6.07, 6.45) is 7.16. The van der Waals surface area contributed by atoms with Gasteiger partial charge in [-0.1, -0.05) is 6.92 Å². The molecular weight excluding hydrogens is 226 g/mol. The van der Waals surface area contributed by atoms with Gasteiger partial charge >= 0.3 is 0 Å². The van der Waals surface area contributed by atoms with Crippen molar-refractivity contribution in [3.05, 3.63) is 18.3 Å². The molecule has 0 amide bonds. The molecule has 0 aliphatic heterocycles. The van der Waals surface area contributed by atoms with E-state index in [1.165, 1.54) is 12.8 Å². The van der Waals surface area contributed by atoms with Crippen molar-refractivity contribution >= 4 is 5.82 Å². The fourth-order valence-corrected chi connectivity index (χ4v) is 2.37. The van der Waals surface area contributed by atoms with Gasteiger partial charge in [-0.05, 0) is 19.3 Å². The Bertz CT molecular complexity index is 562. The van der Waals surface area contributed by atoms with Crippen LogP contribution in [0.5, 0.6) is 0 Å². The Morgan fingerprint density at radius 2 is 2.22 bits per heavy atom. The van der Waals surface area contributed by atoms with Crippen LogP contribution in [0.15, 0.2) is 12.5 Å². The molecular formula is C13H19N5. The van der Waals surface area contributed by atoms with Gasteiger partial charge in [-0.3, -0.25) is 0 Å². The van der Waals surface area contributed by atoms with Gasteiger partial charge in [0.25, 0.3) is 0 Å². The molecule has 1 fully saturated rings. The van der Waals surface area contributed by atoms with Gasteiger partial charge in [0.1, 0.15) is 17.3 Å². The highest BCUT2D eigenvalue weighted by molar-refractivity contribution is 5.68. The van der Waals surface area contributed by atoms with Crippen LogP contribution < -0.4 is 5.73 Å². The third-order valence-corrected chi connectivity index (χ3v) is 3.49. The molecule has 1 aliphatic carbocycles. The van der Waals surface area contributed by atoms with Crippen LogP contribution in [0, 0.1) is 0 Å². The quantitative estimate of drug-likeness (QED) is 0.897. The van der Waals surface area contributed by atoms with Crippen molar-refractivity contribution in [2.24, 2.45) is 7.05 Å². The molecule has 96 valence electrons. The monoisotopic (exact) mass is 245 g/mol. The summed E-state index contributed by atoms with van der Waals surface area (Å²) in [7, 11) is 1.97. The average Bonchev–Trinajstić information content (AvgIpc) is 3.04. The maximum atomic E-state index is 6.28. The lowest BCUT2D eigenvalue weighted by atomic mass is 10.3. The van der Waals surface area contributed by atoms with Gasteiger partial charge in [0.2, 0.25) is 0 Å². The van der Waals surface area contributed by atoms with Gasteiger partial charge in [-0.2, -0.15) is 0 Å². The molecule has 0 aromatic carbocycles. The second-order valence-corrected chi connectivity index (χ2v) is 5.02. The number of anilines is 1. The standard InChI is InChI=1S/C13H19N5/c1-3-6-18-12(14)11(10-7-15-8-17(10)2)16-13(18)9-4-5-9/h7-9H,3-6,14H2,1-2H3. The Balaban J connectivity index is 2.10. The van der Waals surface area contributed by atoms with Gasteiger partial charge in [-0.25, -0.2) is 9.97 Å². The molecule has 2 heterocycles. The summed E-state index contributed by atoms with van der Waals surface area (Å²) in [6.45, 7) is 3.11. The first-order chi connectivity index (χ1) is 8.72. The molecule has 2 aromatic heterocycles. The number of aryl methyl sites for hydroxylation is 1. The Labute approximate surface area is 107 Å². The molecule has 1 aliphatic rings. The third kappa shape index (κ3) is 1.70. The van der Waals surface area contributed by atoms with E-state index in [-0.39, 0.29) is 0 Å². The first-order valence-corrected chi connectivity index (χ1v) is 6.55. The highest BCUT2D eigenvalue weighted by atomic mass is 15.2. The van der Waals surface area contributed by atoms with Crippen molar-refractivity contribution < 1.29 is 0 Å². The minimum absolute atomic E-state index is 0.612. The average molecular weight is 245 g/mol. The molecule has 5 nitrogen and oxygen atoms in total. The van der Waals surface area contributed by atoms with Crippen LogP contribution in [0.1, 0.15) is 37.9 Å². The predicted molar refractivity (Wildman–Crippen MR) is 71.1 cm³/mol. The number of nitrogens with two attached hydrogens (primary N) is 1. The van der Waals surface area contributed by atoms with Gasteiger partial charge in [0.15, 0.2) is 0 Å². The summed E-state index contributed by atoms with van der Waals surface area (Å²) in [5.41, 5.74) is 8.15. The first kappa shape index (κ1) is 11.3. The zero-order chi connectivity index (χ0) is 12.7. The summed E-state index contributed by atoms with van der Waals surface area (Å²) in [5.74, 6) is 2.55. The van der Waals surface area contributed by atoms with E-state index >= 15 is 0 Å². The topological polar surface area (TPSA) is 61.7 Å². The van der Waals surface area contributed by atoms with E-state index in [0.29, 0.717) is 5.92 Å². The molecule has 1 saturated carbocycles.